The van der Waals surface area contributed by atoms with Crippen molar-refractivity contribution in [3.8, 4) is 0 Å². The van der Waals surface area contributed by atoms with Gasteiger partial charge in [-0.05, 0) is 20.0 Å². The molecule has 0 amide bonds. The number of aliphatic imine (C=N–C) groups is 1. The van der Waals surface area contributed by atoms with Crippen molar-refractivity contribution in [2.45, 2.75) is 20.0 Å². The first-order valence-corrected chi connectivity index (χ1v) is 4.64. The molecule has 0 aliphatic heterocycles. The van der Waals surface area contributed by atoms with Gasteiger partial charge in [-0.25, -0.2) is 4.99 Å². The summed E-state index contributed by atoms with van der Waals surface area (Å²) in [5.41, 5.74) is 4.29. The smallest absolute Gasteiger partial charge is 0.394 e. The van der Waals surface area contributed by atoms with Crippen molar-refractivity contribution in [3.05, 3.63) is 24.3 Å². The van der Waals surface area contributed by atoms with Gasteiger partial charge in [-0.2, -0.15) is 13.2 Å². The Hall–Kier alpha value is -1.79. The largest absolute Gasteiger partial charge is 0.429 e. The minimum atomic E-state index is -4.52. The summed E-state index contributed by atoms with van der Waals surface area (Å²) in [6, 6.07) is 0. The lowest BCUT2D eigenvalue weighted by atomic mass is 10.3. The molecule has 0 aromatic heterocycles. The molecule has 3 N–H and O–H groups in total. The Kier molecular flexibility index (Phi) is 4.93. The normalized spacial score (nSPS) is 14.1. The predicted molar refractivity (Wildman–Crippen MR) is 61.7 cm³/mol. The lowest BCUT2D eigenvalue weighted by Crippen LogP contribution is -2.24. The molecule has 0 aliphatic rings. The number of rotatable bonds is 4. The van der Waals surface area contributed by atoms with Crippen molar-refractivity contribution in [2.75, 3.05) is 7.05 Å². The maximum atomic E-state index is 12.3. The maximum absolute atomic E-state index is 12.3. The molecule has 0 saturated carbocycles. The first-order chi connectivity index (χ1) is 7.61. The van der Waals surface area contributed by atoms with Crippen LogP contribution in [0.1, 0.15) is 13.8 Å². The molecule has 0 spiro atoms. The first kappa shape index (κ1) is 15.2. The molecule has 0 aromatic carbocycles. The topological polar surface area (TPSA) is 65.5 Å². The Balaban J connectivity index is 5.62. The van der Waals surface area contributed by atoms with E-state index in [9.17, 15) is 13.2 Å². The van der Waals surface area contributed by atoms with E-state index in [1.54, 1.807) is 0 Å². The van der Waals surface area contributed by atoms with Crippen LogP contribution >= 0.6 is 0 Å². The van der Waals surface area contributed by atoms with Gasteiger partial charge >= 0.3 is 6.18 Å². The quantitative estimate of drug-likeness (QED) is 0.749. The molecule has 0 unspecified atom stereocenters. The number of nitrogens with one attached hydrogen (secondary N) is 1. The van der Waals surface area contributed by atoms with E-state index in [4.69, 9.17) is 11.1 Å². The van der Waals surface area contributed by atoms with Crippen LogP contribution < -0.4 is 5.73 Å². The standard InChI is InChI=1S/C10H15F3N4/c1-5-17(4)9(8(15)6(2)14)16-7(3)10(11,12)13/h5,14H,1,15H2,2-4H3/b9-8-,14-6?,16-7+. The minimum Gasteiger partial charge on any atom is -0.394 e. The molecule has 0 radical (unpaired) electrons. The van der Waals surface area contributed by atoms with Gasteiger partial charge in [0, 0.05) is 7.05 Å². The highest BCUT2D eigenvalue weighted by Crippen LogP contribution is 2.20. The van der Waals surface area contributed by atoms with Crippen molar-refractivity contribution in [3.63, 3.8) is 0 Å². The third kappa shape index (κ3) is 4.29. The van der Waals surface area contributed by atoms with Crippen molar-refractivity contribution < 1.29 is 13.2 Å². The van der Waals surface area contributed by atoms with E-state index in [0.717, 1.165) is 6.92 Å². The highest BCUT2D eigenvalue weighted by Gasteiger charge is 2.32. The number of hydrogen-bond donors (Lipinski definition) is 2. The molecule has 0 aromatic rings. The van der Waals surface area contributed by atoms with E-state index in [1.165, 1.54) is 25.1 Å². The summed E-state index contributed by atoms with van der Waals surface area (Å²) in [7, 11) is 1.45. The van der Waals surface area contributed by atoms with Crippen LogP contribution in [-0.4, -0.2) is 29.5 Å². The van der Waals surface area contributed by atoms with Gasteiger partial charge < -0.3 is 16.0 Å². The van der Waals surface area contributed by atoms with E-state index in [2.05, 4.69) is 11.6 Å². The molecule has 17 heavy (non-hydrogen) atoms. The summed E-state index contributed by atoms with van der Waals surface area (Å²) in [5.74, 6) is -0.151. The van der Waals surface area contributed by atoms with Gasteiger partial charge in [0.2, 0.25) is 0 Å². The van der Waals surface area contributed by atoms with Crippen molar-refractivity contribution in [2.24, 2.45) is 10.7 Å². The van der Waals surface area contributed by atoms with Crippen molar-refractivity contribution >= 4 is 11.4 Å². The van der Waals surface area contributed by atoms with Gasteiger partial charge in [-0.3, -0.25) is 0 Å². The Morgan fingerprint density at radius 1 is 1.41 bits per heavy atom. The summed E-state index contributed by atoms with van der Waals surface area (Å²) in [6.07, 6.45) is -3.26. The number of allylic oxidation sites excluding steroid dienone is 1. The fourth-order valence-electron chi connectivity index (χ4n) is 0.805. The van der Waals surface area contributed by atoms with Crippen LogP contribution in [-0.2, 0) is 0 Å². The fraction of sp³-hybridized carbons (Fsp3) is 0.400. The number of alkyl halides is 3. The van der Waals surface area contributed by atoms with Gasteiger partial charge in [-0.1, -0.05) is 6.58 Å². The van der Waals surface area contributed by atoms with Crippen LogP contribution in [0.15, 0.2) is 29.3 Å². The zero-order chi connectivity index (χ0) is 13.8. The third-order valence-electron chi connectivity index (χ3n) is 1.94. The second-order valence-corrected chi connectivity index (χ2v) is 3.35. The number of nitrogens with zero attached hydrogens (tertiary/aromatic N) is 2. The van der Waals surface area contributed by atoms with Gasteiger partial charge in [0.15, 0.2) is 5.82 Å². The van der Waals surface area contributed by atoms with Crippen LogP contribution in [0, 0.1) is 5.41 Å². The molecule has 0 bridgehead atoms. The first-order valence-electron chi connectivity index (χ1n) is 4.64. The molecule has 0 saturated heterocycles. The minimum absolute atomic E-state index is 0.0626. The van der Waals surface area contributed by atoms with E-state index in [1.807, 2.05) is 0 Å². The second kappa shape index (κ2) is 5.51. The molecule has 4 nitrogen and oxygen atoms in total. The summed E-state index contributed by atoms with van der Waals surface area (Å²) < 4.78 is 37.0. The van der Waals surface area contributed by atoms with Gasteiger partial charge in [0.25, 0.3) is 0 Å². The van der Waals surface area contributed by atoms with E-state index >= 15 is 0 Å². The van der Waals surface area contributed by atoms with Crippen LogP contribution in [0.25, 0.3) is 0 Å². The van der Waals surface area contributed by atoms with Crippen LogP contribution in [0.5, 0.6) is 0 Å². The Labute approximate surface area is 97.8 Å². The number of nitrogens with two attached hydrogens (primary N) is 1. The van der Waals surface area contributed by atoms with E-state index < -0.39 is 11.9 Å². The molecule has 0 rings (SSSR count). The van der Waals surface area contributed by atoms with Crippen LogP contribution in [0.3, 0.4) is 0 Å². The number of hydrogen-bond acceptors (Lipinski definition) is 4. The van der Waals surface area contributed by atoms with Crippen LogP contribution in [0.2, 0.25) is 0 Å². The second-order valence-electron chi connectivity index (χ2n) is 3.35. The summed E-state index contributed by atoms with van der Waals surface area (Å²) in [4.78, 5) is 4.62. The molecule has 96 valence electrons. The zero-order valence-corrected chi connectivity index (χ0v) is 9.89. The van der Waals surface area contributed by atoms with Crippen molar-refractivity contribution in [1.29, 1.82) is 5.41 Å². The van der Waals surface area contributed by atoms with Gasteiger partial charge in [0.05, 0.1) is 11.4 Å². The van der Waals surface area contributed by atoms with Crippen molar-refractivity contribution in [1.82, 2.24) is 4.90 Å². The lowest BCUT2D eigenvalue weighted by Gasteiger charge is -2.18. The average Bonchev–Trinajstić information content (AvgIpc) is 2.21. The third-order valence-corrected chi connectivity index (χ3v) is 1.94. The van der Waals surface area contributed by atoms with E-state index in [-0.39, 0.29) is 17.2 Å². The zero-order valence-electron chi connectivity index (χ0n) is 9.89. The predicted octanol–water partition coefficient (Wildman–Crippen LogP) is 2.25. The number of halogens is 3. The van der Waals surface area contributed by atoms with Gasteiger partial charge in [-0.15, -0.1) is 0 Å². The molecule has 0 atom stereocenters. The maximum Gasteiger partial charge on any atom is 0.429 e. The average molecular weight is 248 g/mol. The lowest BCUT2D eigenvalue weighted by molar-refractivity contribution is -0.0593. The molecular weight excluding hydrogens is 233 g/mol. The summed E-state index contributed by atoms with van der Waals surface area (Å²) in [5, 5.41) is 7.31. The fourth-order valence-corrected chi connectivity index (χ4v) is 0.805. The Bertz CT molecular complexity index is 380. The van der Waals surface area contributed by atoms with Gasteiger partial charge in [0.1, 0.15) is 5.71 Å². The van der Waals surface area contributed by atoms with Crippen LogP contribution in [0.4, 0.5) is 13.2 Å². The Morgan fingerprint density at radius 3 is 2.18 bits per heavy atom. The molecular formula is C10H15F3N4. The molecule has 0 aliphatic carbocycles. The summed E-state index contributed by atoms with van der Waals surface area (Å²) >= 11 is 0. The van der Waals surface area contributed by atoms with E-state index in [0.29, 0.717) is 0 Å². The molecule has 7 heteroatoms. The molecule has 0 heterocycles. The SMILES string of the molecule is C=CN(C)C(/N=C(\C)C(F)(F)F)=C(\N)C(C)=N. The monoisotopic (exact) mass is 248 g/mol. The summed E-state index contributed by atoms with van der Waals surface area (Å²) in [6.45, 7) is 5.61. The molecule has 0 fully saturated rings. The highest BCUT2D eigenvalue weighted by atomic mass is 19.4. The Morgan fingerprint density at radius 2 is 1.88 bits per heavy atom. The highest BCUT2D eigenvalue weighted by molar-refractivity contribution is 5.96.